The average molecular weight is 525 g/mol. The summed E-state index contributed by atoms with van der Waals surface area (Å²) in [7, 11) is 0. The van der Waals surface area contributed by atoms with Gasteiger partial charge in [0.2, 0.25) is 0 Å². The summed E-state index contributed by atoms with van der Waals surface area (Å²) >= 11 is 12.4. The fourth-order valence-corrected chi connectivity index (χ4v) is 4.25. The Kier molecular flexibility index (Phi) is 9.75. The van der Waals surface area contributed by atoms with Gasteiger partial charge in [-0.25, -0.2) is 0 Å². The standard InChI is InChI=1S/C28H26Cl2N2O4/c1-2-3-24(18-4-6-20(7-5-18)28(35)32-15-14-26(33)34)27(19-8-11-22(29)12-9-19)36-23-13-10-21(17-31)25(30)16-23/h4-13,16,24,27H,2-3,14-15H2,1H3,(H,32,35)(H,33,34)/t24-,27+/m1/s1. The summed E-state index contributed by atoms with van der Waals surface area (Å²) in [6.07, 6.45) is 1.17. The van der Waals surface area contributed by atoms with Crippen molar-refractivity contribution in [2.75, 3.05) is 6.54 Å². The van der Waals surface area contributed by atoms with Gasteiger partial charge in [0.05, 0.1) is 17.0 Å². The maximum atomic E-state index is 12.4. The molecule has 6 nitrogen and oxygen atoms in total. The quantitative estimate of drug-likeness (QED) is 0.288. The first-order chi connectivity index (χ1) is 17.3. The third-order valence-corrected chi connectivity index (χ3v) is 6.28. The van der Waals surface area contributed by atoms with Crippen LogP contribution in [0.25, 0.3) is 0 Å². The number of halogens is 2. The van der Waals surface area contributed by atoms with E-state index < -0.39 is 5.97 Å². The van der Waals surface area contributed by atoms with Crippen LogP contribution in [0, 0.1) is 11.3 Å². The lowest BCUT2D eigenvalue weighted by atomic mass is 9.85. The van der Waals surface area contributed by atoms with Crippen molar-refractivity contribution in [3.63, 3.8) is 0 Å². The van der Waals surface area contributed by atoms with Crippen LogP contribution in [-0.4, -0.2) is 23.5 Å². The van der Waals surface area contributed by atoms with E-state index in [0.29, 0.717) is 26.9 Å². The Bertz CT molecular complexity index is 1240. The summed E-state index contributed by atoms with van der Waals surface area (Å²) in [6, 6.07) is 21.7. The normalized spacial score (nSPS) is 12.3. The molecule has 0 aromatic heterocycles. The van der Waals surface area contributed by atoms with E-state index in [4.69, 9.17) is 33.0 Å². The number of hydrogen-bond donors (Lipinski definition) is 2. The number of ether oxygens (including phenoxy) is 1. The second-order valence-corrected chi connectivity index (χ2v) is 9.10. The van der Waals surface area contributed by atoms with Crippen LogP contribution in [0.15, 0.2) is 66.7 Å². The summed E-state index contributed by atoms with van der Waals surface area (Å²) in [6.45, 7) is 2.16. The smallest absolute Gasteiger partial charge is 0.305 e. The molecule has 8 heteroatoms. The monoisotopic (exact) mass is 524 g/mol. The maximum Gasteiger partial charge on any atom is 0.305 e. The van der Waals surface area contributed by atoms with Gasteiger partial charge in [0.1, 0.15) is 17.9 Å². The minimum Gasteiger partial charge on any atom is -0.485 e. The Morgan fingerprint density at radius 2 is 1.69 bits per heavy atom. The van der Waals surface area contributed by atoms with Crippen molar-refractivity contribution in [1.29, 1.82) is 5.26 Å². The van der Waals surface area contributed by atoms with Crippen LogP contribution in [0.5, 0.6) is 5.75 Å². The van der Waals surface area contributed by atoms with Crippen LogP contribution in [0.4, 0.5) is 0 Å². The lowest BCUT2D eigenvalue weighted by Crippen LogP contribution is -2.26. The first kappa shape index (κ1) is 27.1. The number of hydrogen-bond acceptors (Lipinski definition) is 4. The van der Waals surface area contributed by atoms with Crippen LogP contribution >= 0.6 is 23.2 Å². The molecule has 0 aliphatic carbocycles. The fraction of sp³-hybridized carbons (Fsp3) is 0.250. The molecule has 0 heterocycles. The molecule has 0 saturated heterocycles. The molecule has 3 aromatic rings. The Balaban J connectivity index is 1.92. The van der Waals surface area contributed by atoms with Gasteiger partial charge < -0.3 is 15.2 Å². The first-order valence-corrected chi connectivity index (χ1v) is 12.3. The molecule has 2 N–H and O–H groups in total. The van der Waals surface area contributed by atoms with Crippen molar-refractivity contribution in [3.8, 4) is 11.8 Å². The van der Waals surface area contributed by atoms with E-state index in [2.05, 4.69) is 18.3 Å². The second kappa shape index (κ2) is 13.0. The number of nitriles is 1. The summed E-state index contributed by atoms with van der Waals surface area (Å²) in [5.74, 6) is -0.818. The van der Waals surface area contributed by atoms with Crippen LogP contribution in [0.1, 0.15) is 65.3 Å². The van der Waals surface area contributed by atoms with E-state index >= 15 is 0 Å². The van der Waals surface area contributed by atoms with Crippen LogP contribution in [0.3, 0.4) is 0 Å². The number of carbonyl (C=O) groups is 2. The summed E-state index contributed by atoms with van der Waals surface area (Å²) < 4.78 is 6.47. The molecule has 1 amide bonds. The molecule has 0 saturated carbocycles. The van der Waals surface area contributed by atoms with E-state index in [0.717, 1.165) is 24.0 Å². The van der Waals surface area contributed by atoms with E-state index in [-0.39, 0.29) is 30.9 Å². The van der Waals surface area contributed by atoms with Crippen molar-refractivity contribution < 1.29 is 19.4 Å². The lowest BCUT2D eigenvalue weighted by molar-refractivity contribution is -0.136. The van der Waals surface area contributed by atoms with Gasteiger partial charge in [-0.1, -0.05) is 60.8 Å². The molecular formula is C28H26Cl2N2O4. The Morgan fingerprint density at radius 1 is 1.03 bits per heavy atom. The lowest BCUT2D eigenvalue weighted by Gasteiger charge is -2.29. The molecule has 0 bridgehead atoms. The predicted octanol–water partition coefficient (Wildman–Crippen LogP) is 6.77. The molecule has 36 heavy (non-hydrogen) atoms. The Labute approximate surface area is 220 Å². The summed E-state index contributed by atoms with van der Waals surface area (Å²) in [4.78, 5) is 23.1. The molecule has 0 unspecified atom stereocenters. The van der Waals surface area contributed by atoms with Crippen LogP contribution < -0.4 is 10.1 Å². The maximum absolute atomic E-state index is 12.4. The highest BCUT2D eigenvalue weighted by Crippen LogP contribution is 2.39. The third-order valence-electron chi connectivity index (χ3n) is 5.71. The van der Waals surface area contributed by atoms with Crippen molar-refractivity contribution in [2.24, 2.45) is 0 Å². The summed E-state index contributed by atoms with van der Waals surface area (Å²) in [5, 5.41) is 21.5. The van der Waals surface area contributed by atoms with E-state index in [1.807, 2.05) is 36.4 Å². The highest BCUT2D eigenvalue weighted by molar-refractivity contribution is 6.31. The first-order valence-electron chi connectivity index (χ1n) is 11.5. The Morgan fingerprint density at radius 3 is 2.28 bits per heavy atom. The van der Waals surface area contributed by atoms with Crippen molar-refractivity contribution in [3.05, 3.63) is 99.0 Å². The van der Waals surface area contributed by atoms with Gasteiger partial charge in [0, 0.05) is 29.1 Å². The molecule has 2 atom stereocenters. The Hall–Kier alpha value is -3.53. The van der Waals surface area contributed by atoms with Gasteiger partial charge in [0.15, 0.2) is 0 Å². The number of carbonyl (C=O) groups excluding carboxylic acids is 1. The zero-order valence-corrected chi connectivity index (χ0v) is 21.2. The zero-order chi connectivity index (χ0) is 26.1. The highest BCUT2D eigenvalue weighted by Gasteiger charge is 2.27. The molecule has 0 radical (unpaired) electrons. The van der Waals surface area contributed by atoms with Crippen LogP contribution in [0.2, 0.25) is 10.0 Å². The zero-order valence-electron chi connectivity index (χ0n) is 19.7. The second-order valence-electron chi connectivity index (χ2n) is 8.26. The molecule has 0 fully saturated rings. The van der Waals surface area contributed by atoms with Gasteiger partial charge in [-0.05, 0) is 53.9 Å². The number of benzene rings is 3. The van der Waals surface area contributed by atoms with E-state index in [1.54, 1.807) is 30.3 Å². The molecule has 0 spiro atoms. The summed E-state index contributed by atoms with van der Waals surface area (Å²) in [5.41, 5.74) is 2.73. The highest BCUT2D eigenvalue weighted by atomic mass is 35.5. The van der Waals surface area contributed by atoms with Gasteiger partial charge >= 0.3 is 5.97 Å². The molecule has 3 rings (SSSR count). The van der Waals surface area contributed by atoms with Gasteiger partial charge in [-0.3, -0.25) is 9.59 Å². The van der Waals surface area contributed by atoms with E-state index in [1.165, 1.54) is 0 Å². The number of nitrogens with zero attached hydrogens (tertiary/aromatic N) is 1. The SMILES string of the molecule is CCC[C@H](c1ccc(C(=O)NCCC(=O)O)cc1)[C@@H](Oc1ccc(C#N)c(Cl)c1)c1ccc(Cl)cc1. The predicted molar refractivity (Wildman–Crippen MR) is 140 cm³/mol. The van der Waals surface area contributed by atoms with Gasteiger partial charge in [-0.15, -0.1) is 0 Å². The van der Waals surface area contributed by atoms with E-state index in [9.17, 15) is 14.9 Å². The molecule has 186 valence electrons. The topological polar surface area (TPSA) is 99.4 Å². The average Bonchev–Trinajstić information content (AvgIpc) is 2.86. The minimum absolute atomic E-state index is 0.0604. The molecule has 0 aliphatic heterocycles. The minimum atomic E-state index is -0.968. The molecule has 3 aromatic carbocycles. The number of carboxylic acids is 1. The van der Waals surface area contributed by atoms with Crippen molar-refractivity contribution in [1.82, 2.24) is 5.32 Å². The van der Waals surface area contributed by atoms with Gasteiger partial charge in [0.25, 0.3) is 5.91 Å². The number of aliphatic carboxylic acids is 1. The van der Waals surface area contributed by atoms with Crippen LogP contribution in [-0.2, 0) is 4.79 Å². The third kappa shape index (κ3) is 7.24. The fourth-order valence-electron chi connectivity index (χ4n) is 3.91. The number of amides is 1. The number of nitrogens with one attached hydrogen (secondary N) is 1. The molecular weight excluding hydrogens is 499 g/mol. The number of rotatable bonds is 11. The molecule has 0 aliphatic rings. The number of carboxylic acid groups (broad SMARTS) is 1. The van der Waals surface area contributed by atoms with Gasteiger partial charge in [-0.2, -0.15) is 5.26 Å². The largest absolute Gasteiger partial charge is 0.485 e. The van der Waals surface area contributed by atoms with Crippen molar-refractivity contribution >= 4 is 35.1 Å². The van der Waals surface area contributed by atoms with Crippen molar-refractivity contribution in [2.45, 2.75) is 38.2 Å².